The van der Waals surface area contributed by atoms with Gasteiger partial charge in [0.15, 0.2) is 5.84 Å². The molecule has 2 aromatic rings. The van der Waals surface area contributed by atoms with Crippen LogP contribution in [0.4, 0.5) is 0 Å². The van der Waals surface area contributed by atoms with E-state index in [1.165, 1.54) is 6.92 Å². The number of aliphatic hydroxyl groups is 1. The Morgan fingerprint density at radius 3 is 2.20 bits per heavy atom. The van der Waals surface area contributed by atoms with Gasteiger partial charge in [-0.25, -0.2) is 9.79 Å². The summed E-state index contributed by atoms with van der Waals surface area (Å²) in [6, 6.07) is 13.4. The van der Waals surface area contributed by atoms with Gasteiger partial charge in [0.2, 0.25) is 0 Å². The van der Waals surface area contributed by atoms with E-state index in [1.807, 2.05) is 0 Å². The number of ether oxygens (including phenoxy) is 1. The number of fused-ring (bicyclic) bond motifs is 1. The minimum absolute atomic E-state index is 0.0680. The second-order valence-electron chi connectivity index (χ2n) is 7.72. The molecule has 0 spiro atoms. The van der Waals surface area contributed by atoms with Crippen LogP contribution in [0.25, 0.3) is 0 Å². The highest BCUT2D eigenvalue weighted by molar-refractivity contribution is 6.36. The van der Waals surface area contributed by atoms with Crippen molar-refractivity contribution < 1.29 is 19.4 Å². The first-order chi connectivity index (χ1) is 14.1. The maximum absolute atomic E-state index is 12.7. The van der Waals surface area contributed by atoms with Crippen molar-refractivity contribution >= 4 is 35.0 Å². The number of benzene rings is 2. The van der Waals surface area contributed by atoms with Crippen molar-refractivity contribution in [2.24, 2.45) is 9.98 Å². The third-order valence-electron chi connectivity index (χ3n) is 4.14. The number of carbonyl (C=O) groups is 2. The molecule has 0 radical (unpaired) electrons. The van der Waals surface area contributed by atoms with E-state index in [-0.39, 0.29) is 22.9 Å². The number of hydrogen-bond donors (Lipinski definition) is 1. The van der Waals surface area contributed by atoms with Crippen molar-refractivity contribution in [3.8, 4) is 0 Å². The number of nitrogens with zero attached hydrogens (tertiary/aromatic N) is 2. The molecule has 30 heavy (non-hydrogen) atoms. The summed E-state index contributed by atoms with van der Waals surface area (Å²) in [4.78, 5) is 33.9. The Labute approximate surface area is 179 Å². The summed E-state index contributed by atoms with van der Waals surface area (Å²) in [7, 11) is 0. The van der Waals surface area contributed by atoms with Gasteiger partial charge in [0, 0.05) is 21.7 Å². The van der Waals surface area contributed by atoms with E-state index < -0.39 is 17.5 Å². The lowest BCUT2D eigenvalue weighted by atomic mass is 9.99. The predicted molar refractivity (Wildman–Crippen MR) is 116 cm³/mol. The van der Waals surface area contributed by atoms with Gasteiger partial charge in [-0.3, -0.25) is 4.79 Å². The molecule has 3 rings (SSSR count). The number of rotatable bonds is 3. The van der Waals surface area contributed by atoms with Crippen molar-refractivity contribution in [1.29, 1.82) is 0 Å². The number of esters is 1. The van der Waals surface area contributed by atoms with Gasteiger partial charge in [-0.2, -0.15) is 4.99 Å². The smallest absolute Gasteiger partial charge is 0.344 e. The van der Waals surface area contributed by atoms with Crippen LogP contribution in [-0.4, -0.2) is 34.1 Å². The number of amides is 1. The van der Waals surface area contributed by atoms with Gasteiger partial charge in [-0.1, -0.05) is 35.9 Å². The zero-order valence-electron chi connectivity index (χ0n) is 17.1. The molecule has 1 aliphatic heterocycles. The third-order valence-corrected chi connectivity index (χ3v) is 4.39. The molecule has 154 valence electrons. The van der Waals surface area contributed by atoms with E-state index in [0.717, 1.165) is 0 Å². The summed E-state index contributed by atoms with van der Waals surface area (Å²) in [5.74, 6) is -1.28. The quantitative estimate of drug-likeness (QED) is 0.431. The molecule has 0 atom stereocenters. The predicted octanol–water partition coefficient (Wildman–Crippen LogP) is 4.90. The minimum atomic E-state index is -0.752. The van der Waals surface area contributed by atoms with E-state index in [4.69, 9.17) is 16.3 Å². The second kappa shape index (κ2) is 8.24. The zero-order valence-corrected chi connectivity index (χ0v) is 17.8. The van der Waals surface area contributed by atoms with E-state index in [2.05, 4.69) is 9.98 Å². The molecule has 0 saturated heterocycles. The fraction of sp³-hybridized carbons (Fsp3) is 0.217. The molecular weight excluding hydrogens is 404 g/mol. The highest BCUT2D eigenvalue weighted by Gasteiger charge is 2.32. The number of halogens is 1. The van der Waals surface area contributed by atoms with Crippen molar-refractivity contribution in [2.45, 2.75) is 33.3 Å². The van der Waals surface area contributed by atoms with Crippen molar-refractivity contribution in [3.05, 3.63) is 81.6 Å². The molecule has 6 nitrogen and oxygen atoms in total. The lowest BCUT2D eigenvalue weighted by Crippen LogP contribution is -2.28. The first-order valence-corrected chi connectivity index (χ1v) is 9.65. The number of carbonyl (C=O) groups excluding carboxylic acids is 2. The first kappa shape index (κ1) is 21.5. The minimum Gasteiger partial charge on any atom is -0.512 e. The summed E-state index contributed by atoms with van der Waals surface area (Å²) >= 11 is 5.87. The van der Waals surface area contributed by atoms with E-state index in [9.17, 15) is 14.7 Å². The Bertz CT molecular complexity index is 1100. The molecule has 1 heterocycles. The molecule has 0 fully saturated rings. The number of allylic oxidation sites excluding steroid dienone is 1. The van der Waals surface area contributed by atoms with Gasteiger partial charge in [0.25, 0.3) is 5.91 Å². The highest BCUT2D eigenvalue weighted by atomic mass is 35.5. The topological polar surface area (TPSA) is 88.3 Å². The highest BCUT2D eigenvalue weighted by Crippen LogP contribution is 2.27. The molecule has 0 unspecified atom stereocenters. The molecule has 1 N–H and O–H groups in total. The van der Waals surface area contributed by atoms with Crippen molar-refractivity contribution in [2.75, 3.05) is 0 Å². The number of amidine groups is 1. The normalized spacial score (nSPS) is 15.4. The average molecular weight is 425 g/mol. The lowest BCUT2D eigenvalue weighted by molar-refractivity contribution is -0.149. The lowest BCUT2D eigenvalue weighted by Gasteiger charge is -2.21. The summed E-state index contributed by atoms with van der Waals surface area (Å²) < 4.78 is 5.43. The zero-order chi connectivity index (χ0) is 22.1. The third kappa shape index (κ3) is 4.66. The van der Waals surface area contributed by atoms with Gasteiger partial charge >= 0.3 is 5.97 Å². The molecule has 0 bridgehead atoms. The Balaban J connectivity index is 2.07. The van der Waals surface area contributed by atoms with Crippen LogP contribution in [0, 0.1) is 0 Å². The fourth-order valence-electron chi connectivity index (χ4n) is 2.88. The van der Waals surface area contributed by atoms with Gasteiger partial charge in [-0.05, 0) is 52.0 Å². The Morgan fingerprint density at radius 2 is 1.63 bits per heavy atom. The van der Waals surface area contributed by atoms with E-state index in [1.54, 1.807) is 69.3 Å². The van der Waals surface area contributed by atoms with Crippen LogP contribution >= 0.6 is 11.6 Å². The van der Waals surface area contributed by atoms with Crippen LogP contribution in [0.15, 0.2) is 69.8 Å². The Kier molecular flexibility index (Phi) is 5.89. The van der Waals surface area contributed by atoms with Crippen LogP contribution < -0.4 is 0 Å². The van der Waals surface area contributed by atoms with E-state index in [0.29, 0.717) is 21.7 Å². The molecule has 1 aliphatic rings. The second-order valence-corrected chi connectivity index (χ2v) is 8.15. The molecule has 2 aromatic carbocycles. The van der Waals surface area contributed by atoms with Crippen LogP contribution in [0.1, 0.15) is 49.2 Å². The van der Waals surface area contributed by atoms with Crippen molar-refractivity contribution in [3.63, 3.8) is 0 Å². The molecular formula is C23H21ClN2O4. The summed E-state index contributed by atoms with van der Waals surface area (Å²) in [6.07, 6.45) is 0. The van der Waals surface area contributed by atoms with Crippen LogP contribution in [0.5, 0.6) is 0 Å². The van der Waals surface area contributed by atoms with Gasteiger partial charge in [-0.15, -0.1) is 0 Å². The van der Waals surface area contributed by atoms with Crippen LogP contribution in [-0.2, 0) is 9.53 Å². The summed E-state index contributed by atoms with van der Waals surface area (Å²) in [5.41, 5.74) is 0.905. The molecule has 0 aromatic heterocycles. The summed E-state index contributed by atoms with van der Waals surface area (Å²) in [6.45, 7) is 6.59. The monoisotopic (exact) mass is 424 g/mol. The SMILES string of the molecule is C/C(O)=C(\C(=O)OC(C)(C)C)C1=NC(=NC(=O)c2ccc(Cl)cc2)c2ccccc21. The maximum atomic E-state index is 12.7. The first-order valence-electron chi connectivity index (χ1n) is 9.27. The maximum Gasteiger partial charge on any atom is 0.344 e. The van der Waals surface area contributed by atoms with Crippen LogP contribution in [0.3, 0.4) is 0 Å². The summed E-state index contributed by atoms with van der Waals surface area (Å²) in [5, 5.41) is 10.7. The van der Waals surface area contributed by atoms with Gasteiger partial charge in [0.05, 0.1) is 5.71 Å². The number of aliphatic imine (C=N–C) groups is 2. The molecule has 0 saturated carbocycles. The largest absolute Gasteiger partial charge is 0.512 e. The molecule has 7 heteroatoms. The average Bonchev–Trinajstić information content (AvgIpc) is 2.99. The Hall–Kier alpha value is -3.25. The molecule has 1 amide bonds. The molecule has 0 aliphatic carbocycles. The fourth-order valence-corrected chi connectivity index (χ4v) is 3.01. The van der Waals surface area contributed by atoms with E-state index >= 15 is 0 Å². The Morgan fingerprint density at radius 1 is 1.03 bits per heavy atom. The number of hydrogen-bond acceptors (Lipinski definition) is 4. The van der Waals surface area contributed by atoms with Crippen LogP contribution in [0.2, 0.25) is 5.02 Å². The van der Waals surface area contributed by atoms with Gasteiger partial charge < -0.3 is 9.84 Å². The van der Waals surface area contributed by atoms with Gasteiger partial charge in [0.1, 0.15) is 16.9 Å². The standard InChI is InChI=1S/C23H21ClN2O4/c1-13(27)18(22(29)30-23(2,3)4)19-16-7-5-6-8-17(16)20(25-19)26-21(28)14-9-11-15(24)12-10-14/h5-12,27H,1-4H3/b18-13+,26-20?. The number of aliphatic hydroxyl groups excluding tert-OH is 1. The van der Waals surface area contributed by atoms with Crippen molar-refractivity contribution in [1.82, 2.24) is 0 Å².